The van der Waals surface area contributed by atoms with E-state index in [1.807, 2.05) is 46.9 Å². The quantitative estimate of drug-likeness (QED) is 0.413. The predicted octanol–water partition coefficient (Wildman–Crippen LogP) is 7.68. The van der Waals surface area contributed by atoms with Crippen LogP contribution in [-0.2, 0) is 4.57 Å². The van der Waals surface area contributed by atoms with Crippen LogP contribution in [0.2, 0.25) is 5.02 Å². The van der Waals surface area contributed by atoms with Gasteiger partial charge in [-0.25, -0.2) is 0 Å². The third-order valence-corrected chi connectivity index (χ3v) is 9.89. The van der Waals surface area contributed by atoms with Crippen molar-refractivity contribution in [2.75, 3.05) is 0 Å². The van der Waals surface area contributed by atoms with Crippen molar-refractivity contribution in [3.63, 3.8) is 0 Å². The highest BCUT2D eigenvalue weighted by atomic mass is 35.5. The van der Waals surface area contributed by atoms with Crippen molar-refractivity contribution in [1.29, 1.82) is 0 Å². The number of hydrogen-bond donors (Lipinski definition) is 0. The molecule has 4 heteroatoms. The molecule has 138 valence electrons. The van der Waals surface area contributed by atoms with Crippen LogP contribution in [0, 0.1) is 0 Å². The Morgan fingerprint density at radius 2 is 1.42 bits per heavy atom. The highest BCUT2D eigenvalue weighted by molar-refractivity contribution is 7.65. The van der Waals surface area contributed by atoms with Crippen LogP contribution in [0.15, 0.2) is 54.7 Å². The summed E-state index contributed by atoms with van der Waals surface area (Å²) in [6.07, 6.45) is 1.96. The molecule has 0 N–H and O–H groups in total. The zero-order valence-electron chi connectivity index (χ0n) is 16.4. The molecule has 0 aliphatic heterocycles. The van der Waals surface area contributed by atoms with Gasteiger partial charge >= 0.3 is 0 Å². The molecule has 0 atom stereocenters. The van der Waals surface area contributed by atoms with Gasteiger partial charge < -0.3 is 0 Å². The monoisotopic (exact) mass is 387 g/mol. The third kappa shape index (κ3) is 2.84. The van der Waals surface area contributed by atoms with Gasteiger partial charge in [-0.15, -0.1) is 0 Å². The summed E-state index contributed by atoms with van der Waals surface area (Å²) in [5, 5.41) is 0.871. The average Bonchev–Trinajstić information content (AvgIpc) is 2.99. The summed E-state index contributed by atoms with van der Waals surface area (Å²) >= 11 is 6.51. The second-order valence-corrected chi connectivity index (χ2v) is 13.5. The molecule has 0 fully saturated rings. The maximum atomic E-state index is 14.5. The summed E-state index contributed by atoms with van der Waals surface area (Å²) in [5.41, 5.74) is 3.11. The molecular weight excluding hydrogens is 361 g/mol. The van der Waals surface area contributed by atoms with E-state index < -0.39 is 7.29 Å². The molecule has 0 aliphatic rings. The molecule has 0 spiro atoms. The first-order chi connectivity index (χ1) is 12.0. The van der Waals surface area contributed by atoms with Crippen molar-refractivity contribution in [2.45, 2.75) is 51.9 Å². The van der Waals surface area contributed by atoms with Gasteiger partial charge in [-0.2, -0.15) is 0 Å². The topological polar surface area (TPSA) is 22.0 Å². The van der Waals surface area contributed by atoms with Crippen LogP contribution >= 0.6 is 18.9 Å². The molecule has 1 aromatic heterocycles. The predicted molar refractivity (Wildman–Crippen MR) is 115 cm³/mol. The molecule has 26 heavy (non-hydrogen) atoms. The highest BCUT2D eigenvalue weighted by Gasteiger charge is 2.48. The van der Waals surface area contributed by atoms with Crippen molar-refractivity contribution < 1.29 is 4.57 Å². The van der Waals surface area contributed by atoms with Gasteiger partial charge in [-0.3, -0.25) is 8.90 Å². The zero-order valence-corrected chi connectivity index (χ0v) is 18.0. The molecular formula is C22H27ClNOP. The van der Waals surface area contributed by atoms with Gasteiger partial charge in [0.05, 0.1) is 5.52 Å². The fraction of sp³-hybridized carbons (Fsp3) is 0.364. The second-order valence-electron chi connectivity index (χ2n) is 8.80. The lowest BCUT2D eigenvalue weighted by atomic mass is 10.0. The van der Waals surface area contributed by atoms with Crippen LogP contribution in [0.5, 0.6) is 0 Å². The Bertz CT molecular complexity index is 973. The number of halogens is 1. The van der Waals surface area contributed by atoms with E-state index in [4.69, 9.17) is 11.6 Å². The molecule has 0 saturated heterocycles. The van der Waals surface area contributed by atoms with Gasteiger partial charge in [0, 0.05) is 32.5 Å². The van der Waals surface area contributed by atoms with E-state index in [2.05, 4.69) is 53.7 Å². The van der Waals surface area contributed by atoms with Gasteiger partial charge in [0.25, 0.3) is 0 Å². The number of benzene rings is 2. The summed E-state index contributed by atoms with van der Waals surface area (Å²) < 4.78 is 16.6. The molecule has 0 saturated carbocycles. The van der Waals surface area contributed by atoms with Crippen molar-refractivity contribution in [3.8, 4) is 11.1 Å². The van der Waals surface area contributed by atoms with E-state index >= 15 is 0 Å². The summed E-state index contributed by atoms with van der Waals surface area (Å²) in [4.78, 5) is 0. The van der Waals surface area contributed by atoms with E-state index in [0.29, 0.717) is 5.02 Å². The molecule has 0 aliphatic carbocycles. The molecule has 3 rings (SSSR count). The molecule has 3 aromatic rings. The van der Waals surface area contributed by atoms with Gasteiger partial charge in [0.1, 0.15) is 0 Å². The smallest absolute Gasteiger partial charge is 0.186 e. The Kier molecular flexibility index (Phi) is 4.66. The first kappa shape index (κ1) is 19.3. The largest absolute Gasteiger partial charge is 0.299 e. The van der Waals surface area contributed by atoms with E-state index in [-0.39, 0.29) is 10.3 Å². The lowest BCUT2D eigenvalue weighted by Gasteiger charge is -2.42. The van der Waals surface area contributed by atoms with Crippen molar-refractivity contribution >= 4 is 29.8 Å². The van der Waals surface area contributed by atoms with Crippen molar-refractivity contribution in [2.24, 2.45) is 0 Å². The number of rotatable bonds is 2. The van der Waals surface area contributed by atoms with Crippen LogP contribution in [-0.4, -0.2) is 14.6 Å². The summed E-state index contributed by atoms with van der Waals surface area (Å²) in [6.45, 7) is 12.4. The first-order valence-corrected chi connectivity index (χ1v) is 11.0. The van der Waals surface area contributed by atoms with Gasteiger partial charge in [-0.05, 0) is 17.7 Å². The SMILES string of the molecule is CC(C)(C)P(=O)(n1ccc2c(Cl)ccc(-c3ccccc3)c21)C(C)(C)C. The van der Waals surface area contributed by atoms with Crippen LogP contribution in [0.3, 0.4) is 0 Å². The Labute approximate surface area is 161 Å². The standard InChI is InChI=1S/C22H27ClNOP/c1-21(2,3)26(25,22(4,5)6)24-15-14-18-19(23)13-12-17(20(18)24)16-10-8-7-9-11-16/h7-15H,1-6H3. The lowest BCUT2D eigenvalue weighted by molar-refractivity contribution is 0.510. The molecule has 1 heterocycles. The van der Waals surface area contributed by atoms with Crippen LogP contribution in [0.25, 0.3) is 22.0 Å². The molecule has 0 bridgehead atoms. The minimum atomic E-state index is -2.85. The fourth-order valence-corrected chi connectivity index (χ4v) is 8.22. The van der Waals surface area contributed by atoms with E-state index in [0.717, 1.165) is 22.0 Å². The number of nitrogens with zero attached hydrogens (tertiary/aromatic N) is 1. The summed E-state index contributed by atoms with van der Waals surface area (Å²) in [5.74, 6) is 0. The zero-order chi connectivity index (χ0) is 19.3. The van der Waals surface area contributed by atoms with Gasteiger partial charge in [0.15, 0.2) is 7.29 Å². The maximum Gasteiger partial charge on any atom is 0.186 e. The highest BCUT2D eigenvalue weighted by Crippen LogP contribution is 2.68. The van der Waals surface area contributed by atoms with E-state index in [1.165, 1.54) is 0 Å². The molecule has 2 nitrogen and oxygen atoms in total. The molecule has 0 radical (unpaired) electrons. The number of aromatic nitrogens is 1. The Balaban J connectivity index is 2.46. The summed E-state index contributed by atoms with van der Waals surface area (Å²) in [7, 11) is -2.85. The van der Waals surface area contributed by atoms with E-state index in [1.54, 1.807) is 0 Å². The minimum absolute atomic E-state index is 0.381. The number of hydrogen-bond acceptors (Lipinski definition) is 1. The van der Waals surface area contributed by atoms with Crippen LogP contribution in [0.1, 0.15) is 41.5 Å². The third-order valence-electron chi connectivity index (χ3n) is 4.98. The Hall–Kier alpha value is -1.50. The van der Waals surface area contributed by atoms with Crippen LogP contribution in [0.4, 0.5) is 0 Å². The minimum Gasteiger partial charge on any atom is -0.299 e. The average molecular weight is 388 g/mol. The second kappa shape index (κ2) is 6.29. The van der Waals surface area contributed by atoms with Crippen molar-refractivity contribution in [3.05, 3.63) is 59.8 Å². The van der Waals surface area contributed by atoms with Gasteiger partial charge in [-0.1, -0.05) is 89.5 Å². The van der Waals surface area contributed by atoms with Gasteiger partial charge in [0.2, 0.25) is 0 Å². The normalized spacial score (nSPS) is 13.3. The summed E-state index contributed by atoms with van der Waals surface area (Å²) in [6, 6.07) is 16.2. The number of fused-ring (bicyclic) bond motifs is 1. The van der Waals surface area contributed by atoms with Crippen LogP contribution < -0.4 is 0 Å². The first-order valence-electron chi connectivity index (χ1n) is 8.94. The molecule has 0 unspecified atom stereocenters. The van der Waals surface area contributed by atoms with Crippen molar-refractivity contribution in [1.82, 2.24) is 4.34 Å². The fourth-order valence-electron chi connectivity index (χ4n) is 3.95. The molecule has 0 amide bonds. The van der Waals surface area contributed by atoms with E-state index in [9.17, 15) is 4.57 Å². The molecule has 2 aromatic carbocycles. The lowest BCUT2D eigenvalue weighted by Crippen LogP contribution is -2.32. The Morgan fingerprint density at radius 1 is 0.846 bits per heavy atom. The maximum absolute atomic E-state index is 14.5. The Morgan fingerprint density at radius 3 is 1.96 bits per heavy atom.